The predicted molar refractivity (Wildman–Crippen MR) is 123 cm³/mol. The molecule has 1 heterocycles. The zero-order valence-corrected chi connectivity index (χ0v) is 19.2. The Hall–Kier alpha value is -2.35. The Labute approximate surface area is 186 Å². The number of hydrogen-bond acceptors (Lipinski definition) is 5. The second-order valence-electron chi connectivity index (χ2n) is 7.35. The minimum atomic E-state index is -0.109. The van der Waals surface area contributed by atoms with E-state index in [1.807, 2.05) is 45.3 Å². The summed E-state index contributed by atoms with van der Waals surface area (Å²) in [6, 6.07) is 15.7. The Morgan fingerprint density at radius 1 is 1.20 bits per heavy atom. The number of anilines is 1. The summed E-state index contributed by atoms with van der Waals surface area (Å²) in [5.41, 5.74) is 2.85. The van der Waals surface area contributed by atoms with E-state index in [0.717, 1.165) is 27.8 Å². The molecule has 1 atom stereocenters. The molecule has 2 aromatic carbocycles. The highest BCUT2D eigenvalue weighted by Gasteiger charge is 2.20. The number of nitrogens with one attached hydrogen (secondary N) is 1. The van der Waals surface area contributed by atoms with Crippen molar-refractivity contribution in [1.82, 2.24) is 19.7 Å². The maximum absolute atomic E-state index is 12.5. The third-order valence-corrected chi connectivity index (χ3v) is 6.09. The Morgan fingerprint density at radius 3 is 2.63 bits per heavy atom. The minimum Gasteiger partial charge on any atom is -0.325 e. The molecule has 3 aromatic rings. The standard InChI is InChI=1S/C22H26ClN5OS/c1-15-10-11-18(23)12-19(15)24-20(29)14-30-22-26-25-21(16(2)27(3)4)28(22)13-17-8-6-5-7-9-17/h5-12,16H,13-14H2,1-4H3,(H,24,29)/t16-/m1/s1. The number of nitrogens with zero attached hydrogens (tertiary/aromatic N) is 4. The van der Waals surface area contributed by atoms with E-state index in [9.17, 15) is 4.79 Å². The number of aryl methyl sites for hydroxylation is 1. The van der Waals surface area contributed by atoms with Crippen LogP contribution in [0.4, 0.5) is 5.69 Å². The van der Waals surface area contributed by atoms with Gasteiger partial charge in [-0.25, -0.2) is 0 Å². The molecule has 0 aliphatic heterocycles. The number of carbonyl (C=O) groups is 1. The van der Waals surface area contributed by atoms with E-state index in [0.29, 0.717) is 11.6 Å². The van der Waals surface area contributed by atoms with Crippen LogP contribution in [0.15, 0.2) is 53.7 Å². The molecule has 30 heavy (non-hydrogen) atoms. The summed E-state index contributed by atoms with van der Waals surface area (Å²) in [6.45, 7) is 4.68. The van der Waals surface area contributed by atoms with Crippen LogP contribution in [0.2, 0.25) is 5.02 Å². The molecule has 158 valence electrons. The molecule has 0 spiro atoms. The van der Waals surface area contributed by atoms with Crippen molar-refractivity contribution in [3.63, 3.8) is 0 Å². The van der Waals surface area contributed by atoms with Crippen LogP contribution in [0.25, 0.3) is 0 Å². The van der Waals surface area contributed by atoms with Gasteiger partial charge in [-0.05, 0) is 51.2 Å². The van der Waals surface area contributed by atoms with E-state index in [2.05, 4.69) is 44.0 Å². The van der Waals surface area contributed by atoms with Gasteiger partial charge in [-0.2, -0.15) is 0 Å². The van der Waals surface area contributed by atoms with Gasteiger partial charge in [-0.3, -0.25) is 9.69 Å². The Bertz CT molecular complexity index is 1010. The molecule has 0 saturated heterocycles. The van der Waals surface area contributed by atoms with E-state index in [1.165, 1.54) is 11.8 Å². The Balaban J connectivity index is 1.76. The lowest BCUT2D eigenvalue weighted by molar-refractivity contribution is -0.113. The Morgan fingerprint density at radius 2 is 1.93 bits per heavy atom. The highest BCUT2D eigenvalue weighted by molar-refractivity contribution is 7.99. The molecule has 0 saturated carbocycles. The van der Waals surface area contributed by atoms with Gasteiger partial charge < -0.3 is 9.88 Å². The quantitative estimate of drug-likeness (QED) is 0.514. The maximum atomic E-state index is 12.5. The molecular weight excluding hydrogens is 418 g/mol. The molecule has 0 aliphatic carbocycles. The summed E-state index contributed by atoms with van der Waals surface area (Å²) in [5, 5.41) is 13.0. The van der Waals surface area contributed by atoms with E-state index >= 15 is 0 Å². The van der Waals surface area contributed by atoms with E-state index in [-0.39, 0.29) is 17.7 Å². The first-order chi connectivity index (χ1) is 14.3. The summed E-state index contributed by atoms with van der Waals surface area (Å²) >= 11 is 7.43. The van der Waals surface area contributed by atoms with E-state index < -0.39 is 0 Å². The van der Waals surface area contributed by atoms with Crippen molar-refractivity contribution in [3.8, 4) is 0 Å². The summed E-state index contributed by atoms with van der Waals surface area (Å²) in [5.74, 6) is 0.995. The first-order valence-electron chi connectivity index (χ1n) is 9.67. The van der Waals surface area contributed by atoms with Crippen molar-refractivity contribution in [2.45, 2.75) is 31.6 Å². The third-order valence-electron chi connectivity index (χ3n) is 4.88. The number of aromatic nitrogens is 3. The summed E-state index contributed by atoms with van der Waals surface area (Å²) < 4.78 is 2.09. The van der Waals surface area contributed by atoms with Crippen LogP contribution < -0.4 is 5.32 Å². The first-order valence-corrected chi connectivity index (χ1v) is 11.0. The summed E-state index contributed by atoms with van der Waals surface area (Å²) in [6.07, 6.45) is 0. The van der Waals surface area contributed by atoms with Crippen LogP contribution in [0.3, 0.4) is 0 Å². The van der Waals surface area contributed by atoms with Crippen molar-refractivity contribution in [2.24, 2.45) is 0 Å². The molecule has 0 bridgehead atoms. The second-order valence-corrected chi connectivity index (χ2v) is 8.73. The van der Waals surface area contributed by atoms with Gasteiger partial charge in [0.15, 0.2) is 11.0 Å². The number of amides is 1. The fourth-order valence-electron chi connectivity index (χ4n) is 2.91. The lowest BCUT2D eigenvalue weighted by Crippen LogP contribution is -2.21. The average Bonchev–Trinajstić information content (AvgIpc) is 3.11. The van der Waals surface area contributed by atoms with Gasteiger partial charge in [0.1, 0.15) is 0 Å². The topological polar surface area (TPSA) is 63.1 Å². The van der Waals surface area contributed by atoms with Crippen molar-refractivity contribution < 1.29 is 4.79 Å². The van der Waals surface area contributed by atoms with Gasteiger partial charge in [0, 0.05) is 10.7 Å². The van der Waals surface area contributed by atoms with Gasteiger partial charge in [0.05, 0.1) is 18.3 Å². The second kappa shape index (κ2) is 10.1. The van der Waals surface area contributed by atoms with Gasteiger partial charge in [0.2, 0.25) is 5.91 Å². The van der Waals surface area contributed by atoms with Gasteiger partial charge in [0.25, 0.3) is 0 Å². The molecule has 6 nitrogen and oxygen atoms in total. The highest BCUT2D eigenvalue weighted by atomic mass is 35.5. The minimum absolute atomic E-state index is 0.0958. The van der Waals surface area contributed by atoms with Crippen LogP contribution in [0.1, 0.15) is 29.9 Å². The zero-order chi connectivity index (χ0) is 21.7. The number of benzene rings is 2. The molecule has 0 unspecified atom stereocenters. The molecular formula is C22H26ClN5OS. The zero-order valence-electron chi connectivity index (χ0n) is 17.6. The Kier molecular flexibility index (Phi) is 7.53. The molecule has 1 amide bonds. The smallest absolute Gasteiger partial charge is 0.234 e. The fourth-order valence-corrected chi connectivity index (χ4v) is 3.82. The van der Waals surface area contributed by atoms with Crippen molar-refractivity contribution in [2.75, 3.05) is 25.2 Å². The normalized spacial score (nSPS) is 12.2. The van der Waals surface area contributed by atoms with Gasteiger partial charge in [-0.1, -0.05) is 59.8 Å². The van der Waals surface area contributed by atoms with Crippen molar-refractivity contribution in [3.05, 3.63) is 70.5 Å². The third kappa shape index (κ3) is 5.62. The summed E-state index contributed by atoms with van der Waals surface area (Å²) in [4.78, 5) is 14.6. The van der Waals surface area contributed by atoms with E-state index in [4.69, 9.17) is 11.6 Å². The van der Waals surface area contributed by atoms with Crippen LogP contribution in [0.5, 0.6) is 0 Å². The van der Waals surface area contributed by atoms with Crippen LogP contribution in [-0.2, 0) is 11.3 Å². The highest BCUT2D eigenvalue weighted by Crippen LogP contribution is 2.25. The van der Waals surface area contributed by atoms with Gasteiger partial charge in [-0.15, -0.1) is 10.2 Å². The number of halogens is 1. The molecule has 1 aromatic heterocycles. The largest absolute Gasteiger partial charge is 0.325 e. The van der Waals surface area contributed by atoms with Crippen molar-refractivity contribution in [1.29, 1.82) is 0 Å². The van der Waals surface area contributed by atoms with Gasteiger partial charge >= 0.3 is 0 Å². The monoisotopic (exact) mass is 443 g/mol. The number of hydrogen-bond donors (Lipinski definition) is 1. The number of carbonyl (C=O) groups excluding carboxylic acids is 1. The lowest BCUT2D eigenvalue weighted by atomic mass is 10.2. The molecule has 3 rings (SSSR count). The lowest BCUT2D eigenvalue weighted by Gasteiger charge is -2.20. The van der Waals surface area contributed by atoms with Crippen molar-refractivity contribution >= 4 is 35.0 Å². The van der Waals surface area contributed by atoms with E-state index in [1.54, 1.807) is 12.1 Å². The number of thioether (sulfide) groups is 1. The van der Waals surface area contributed by atoms with Crippen LogP contribution in [-0.4, -0.2) is 45.4 Å². The number of rotatable bonds is 8. The molecule has 8 heteroatoms. The molecule has 0 radical (unpaired) electrons. The molecule has 0 aliphatic rings. The summed E-state index contributed by atoms with van der Waals surface area (Å²) in [7, 11) is 4.03. The predicted octanol–water partition coefficient (Wildman–Crippen LogP) is 4.64. The SMILES string of the molecule is Cc1ccc(Cl)cc1NC(=O)CSc1nnc([C@@H](C)N(C)C)n1Cc1ccccc1. The van der Waals surface area contributed by atoms with Crippen LogP contribution in [0, 0.1) is 6.92 Å². The molecule has 0 fully saturated rings. The van der Waals surface area contributed by atoms with Crippen LogP contribution >= 0.6 is 23.4 Å². The fraction of sp³-hybridized carbons (Fsp3) is 0.318. The first kappa shape index (κ1) is 22.3. The average molecular weight is 444 g/mol. The molecule has 1 N–H and O–H groups in total. The maximum Gasteiger partial charge on any atom is 0.234 e.